The quantitative estimate of drug-likeness (QED) is 0.513. The van der Waals surface area contributed by atoms with Gasteiger partial charge < -0.3 is 29.6 Å². The van der Waals surface area contributed by atoms with E-state index >= 15 is 0 Å². The summed E-state index contributed by atoms with van der Waals surface area (Å²) < 4.78 is 21.0. The molecule has 0 radical (unpaired) electrons. The van der Waals surface area contributed by atoms with E-state index < -0.39 is 18.5 Å². The molecule has 2 aromatic carbocycles. The van der Waals surface area contributed by atoms with Crippen LogP contribution in [0, 0.1) is 0 Å². The number of carbonyl (C=O) groups is 3. The molecule has 1 aliphatic rings. The van der Waals surface area contributed by atoms with Crippen LogP contribution in [0.15, 0.2) is 36.4 Å². The molecule has 0 heterocycles. The topological polar surface area (TPSA) is 112 Å². The summed E-state index contributed by atoms with van der Waals surface area (Å²) in [5.74, 6) is -0.139. The molecule has 9 nitrogen and oxygen atoms in total. The number of ether oxygens (including phenoxy) is 4. The van der Waals surface area contributed by atoms with Crippen LogP contribution in [0.5, 0.6) is 17.2 Å². The van der Waals surface area contributed by atoms with Crippen LogP contribution in [0.3, 0.4) is 0 Å². The van der Waals surface area contributed by atoms with Crippen molar-refractivity contribution >= 4 is 23.5 Å². The normalized spacial score (nSPS) is 13.1. The largest absolute Gasteiger partial charge is 0.493 e. The number of para-hydroxylation sites is 1. The van der Waals surface area contributed by atoms with Gasteiger partial charge in [0, 0.05) is 6.04 Å². The molecule has 2 amide bonds. The molecule has 0 unspecified atom stereocenters. The number of amides is 2. The highest BCUT2D eigenvalue weighted by molar-refractivity contribution is 6.04. The maximum absolute atomic E-state index is 12.6. The first-order valence-electron chi connectivity index (χ1n) is 11.1. The highest BCUT2D eigenvalue weighted by atomic mass is 16.5. The van der Waals surface area contributed by atoms with Crippen LogP contribution in [0.25, 0.3) is 0 Å². The van der Waals surface area contributed by atoms with E-state index in [1.165, 1.54) is 21.3 Å². The molecule has 1 fully saturated rings. The fourth-order valence-corrected chi connectivity index (χ4v) is 3.91. The molecule has 0 saturated heterocycles. The van der Waals surface area contributed by atoms with E-state index in [1.54, 1.807) is 36.4 Å². The summed E-state index contributed by atoms with van der Waals surface area (Å²) in [5.41, 5.74) is 1.31. The highest BCUT2D eigenvalue weighted by Crippen LogP contribution is 2.38. The van der Waals surface area contributed by atoms with Crippen molar-refractivity contribution in [3.05, 3.63) is 47.5 Å². The maximum atomic E-state index is 12.6. The second kappa shape index (κ2) is 11.9. The van der Waals surface area contributed by atoms with Crippen molar-refractivity contribution in [3.63, 3.8) is 0 Å². The van der Waals surface area contributed by atoms with Crippen molar-refractivity contribution in [2.24, 2.45) is 0 Å². The van der Waals surface area contributed by atoms with Crippen LogP contribution >= 0.6 is 0 Å². The Morgan fingerprint density at radius 3 is 2.21 bits per heavy atom. The second-order valence-corrected chi connectivity index (χ2v) is 7.92. The van der Waals surface area contributed by atoms with Gasteiger partial charge in [0.1, 0.15) is 0 Å². The summed E-state index contributed by atoms with van der Waals surface area (Å²) in [7, 11) is 4.45. The average molecular weight is 471 g/mol. The molecule has 0 atom stereocenters. The summed E-state index contributed by atoms with van der Waals surface area (Å²) in [6.07, 6.45) is 4.03. The highest BCUT2D eigenvalue weighted by Gasteiger charge is 2.21. The van der Waals surface area contributed by atoms with Crippen molar-refractivity contribution in [1.29, 1.82) is 0 Å². The van der Waals surface area contributed by atoms with Crippen LogP contribution in [-0.4, -0.2) is 51.8 Å². The van der Waals surface area contributed by atoms with Crippen LogP contribution in [0.1, 0.15) is 41.6 Å². The van der Waals surface area contributed by atoms with Gasteiger partial charge in [0.2, 0.25) is 5.75 Å². The number of carbonyl (C=O) groups excluding carboxylic acids is 3. The van der Waals surface area contributed by atoms with Crippen molar-refractivity contribution < 1.29 is 33.3 Å². The lowest BCUT2D eigenvalue weighted by Gasteiger charge is -2.15. The zero-order chi connectivity index (χ0) is 24.5. The SMILES string of the molecule is COc1cc(CC(=O)OCC(=O)Nc2ccccc2C(=O)NC2CCCC2)cc(OC)c1OC. The fraction of sp³-hybridized carbons (Fsp3) is 0.400. The lowest BCUT2D eigenvalue weighted by molar-refractivity contribution is -0.146. The third-order valence-corrected chi connectivity index (χ3v) is 5.57. The van der Waals surface area contributed by atoms with E-state index in [-0.39, 0.29) is 18.4 Å². The minimum atomic E-state index is -0.600. The number of hydrogen-bond acceptors (Lipinski definition) is 7. The predicted octanol–water partition coefficient (Wildman–Crippen LogP) is 3.11. The third kappa shape index (κ3) is 6.40. The van der Waals surface area contributed by atoms with Gasteiger partial charge in [-0.3, -0.25) is 14.4 Å². The first kappa shape index (κ1) is 24.9. The molecule has 2 N–H and O–H groups in total. The van der Waals surface area contributed by atoms with Gasteiger partial charge in [-0.2, -0.15) is 0 Å². The molecule has 1 saturated carbocycles. The Morgan fingerprint density at radius 2 is 1.59 bits per heavy atom. The maximum Gasteiger partial charge on any atom is 0.310 e. The van der Waals surface area contributed by atoms with Gasteiger partial charge in [-0.15, -0.1) is 0 Å². The number of anilines is 1. The Labute approximate surface area is 198 Å². The third-order valence-electron chi connectivity index (χ3n) is 5.57. The molecule has 0 spiro atoms. The molecule has 0 aromatic heterocycles. The Balaban J connectivity index is 1.56. The van der Waals surface area contributed by atoms with E-state index in [1.807, 2.05) is 0 Å². The molecule has 182 valence electrons. The van der Waals surface area contributed by atoms with Crippen molar-refractivity contribution in [3.8, 4) is 17.2 Å². The minimum Gasteiger partial charge on any atom is -0.493 e. The van der Waals surface area contributed by atoms with Gasteiger partial charge in [-0.25, -0.2) is 0 Å². The van der Waals surface area contributed by atoms with E-state index in [0.717, 1.165) is 25.7 Å². The fourth-order valence-electron chi connectivity index (χ4n) is 3.91. The van der Waals surface area contributed by atoms with E-state index in [9.17, 15) is 14.4 Å². The van der Waals surface area contributed by atoms with Crippen molar-refractivity contribution in [2.45, 2.75) is 38.1 Å². The van der Waals surface area contributed by atoms with E-state index in [2.05, 4.69) is 10.6 Å². The molecule has 9 heteroatoms. The van der Waals surface area contributed by atoms with Gasteiger partial charge in [-0.05, 0) is 42.7 Å². The number of esters is 1. The molecular formula is C25H30N2O7. The first-order chi connectivity index (χ1) is 16.4. The number of benzene rings is 2. The lowest BCUT2D eigenvalue weighted by Crippen LogP contribution is -2.33. The number of methoxy groups -OCH3 is 3. The summed E-state index contributed by atoms with van der Waals surface area (Å²) in [5, 5.41) is 5.66. The molecule has 2 aromatic rings. The van der Waals surface area contributed by atoms with Crippen molar-refractivity contribution in [2.75, 3.05) is 33.3 Å². The smallest absolute Gasteiger partial charge is 0.310 e. The Bertz CT molecular complexity index is 1010. The standard InChI is InChI=1S/C25H30N2O7/c1-31-20-12-16(13-21(32-2)24(20)33-3)14-23(29)34-15-22(28)27-19-11-7-6-10-18(19)25(30)26-17-8-4-5-9-17/h6-7,10-13,17H,4-5,8-9,14-15H2,1-3H3,(H,26,30)(H,27,28). The van der Waals surface area contributed by atoms with Gasteiger partial charge in [0.25, 0.3) is 11.8 Å². The molecule has 1 aliphatic carbocycles. The Morgan fingerprint density at radius 1 is 0.941 bits per heavy atom. The summed E-state index contributed by atoms with van der Waals surface area (Å²) in [4.78, 5) is 37.4. The second-order valence-electron chi connectivity index (χ2n) is 7.92. The average Bonchev–Trinajstić information content (AvgIpc) is 3.35. The number of hydrogen-bond donors (Lipinski definition) is 2. The number of nitrogens with one attached hydrogen (secondary N) is 2. The molecule has 34 heavy (non-hydrogen) atoms. The molecule has 0 bridgehead atoms. The predicted molar refractivity (Wildman–Crippen MR) is 126 cm³/mol. The summed E-state index contributed by atoms with van der Waals surface area (Å²) in [6, 6.07) is 10.2. The molecular weight excluding hydrogens is 440 g/mol. The van der Waals surface area contributed by atoms with Crippen LogP contribution in [0.4, 0.5) is 5.69 Å². The van der Waals surface area contributed by atoms with Crippen LogP contribution in [-0.2, 0) is 20.7 Å². The van der Waals surface area contributed by atoms with Crippen LogP contribution < -0.4 is 24.8 Å². The summed E-state index contributed by atoms with van der Waals surface area (Å²) in [6.45, 7) is -0.484. The Hall–Kier alpha value is -3.75. The first-order valence-corrected chi connectivity index (χ1v) is 11.1. The zero-order valence-corrected chi connectivity index (χ0v) is 19.6. The van der Waals surface area contributed by atoms with Gasteiger partial charge >= 0.3 is 5.97 Å². The Kier molecular flexibility index (Phi) is 8.73. The van der Waals surface area contributed by atoms with Gasteiger partial charge in [0.05, 0.1) is 39.0 Å². The van der Waals surface area contributed by atoms with Gasteiger partial charge in [-0.1, -0.05) is 25.0 Å². The molecule has 3 rings (SSSR count). The van der Waals surface area contributed by atoms with E-state index in [4.69, 9.17) is 18.9 Å². The lowest BCUT2D eigenvalue weighted by atomic mass is 10.1. The monoisotopic (exact) mass is 470 g/mol. The van der Waals surface area contributed by atoms with E-state index in [0.29, 0.717) is 34.1 Å². The summed E-state index contributed by atoms with van der Waals surface area (Å²) >= 11 is 0. The molecule has 0 aliphatic heterocycles. The van der Waals surface area contributed by atoms with Gasteiger partial charge in [0.15, 0.2) is 18.1 Å². The zero-order valence-electron chi connectivity index (χ0n) is 19.6. The van der Waals surface area contributed by atoms with Crippen molar-refractivity contribution in [1.82, 2.24) is 5.32 Å². The van der Waals surface area contributed by atoms with Crippen LogP contribution in [0.2, 0.25) is 0 Å². The number of rotatable bonds is 10. The minimum absolute atomic E-state index is 0.0929.